The second kappa shape index (κ2) is 4.14. The fourth-order valence-corrected chi connectivity index (χ4v) is 1.76. The van der Waals surface area contributed by atoms with Crippen LogP contribution in [0.2, 0.25) is 0 Å². The first-order valence-electron chi connectivity index (χ1n) is 4.94. The van der Waals surface area contributed by atoms with Gasteiger partial charge in [-0.25, -0.2) is 4.39 Å². The first kappa shape index (κ1) is 10.4. The topological polar surface area (TPSA) is 21.3 Å². The highest BCUT2D eigenvalue weighted by Gasteiger charge is 2.21. The van der Waals surface area contributed by atoms with Crippen LogP contribution in [-0.2, 0) is 6.42 Å². The Hall–Kier alpha value is -1.16. The van der Waals surface area contributed by atoms with E-state index in [2.05, 4.69) is 5.32 Å². The lowest BCUT2D eigenvalue weighted by molar-refractivity contribution is 0.330. The van der Waals surface area contributed by atoms with Crippen molar-refractivity contribution in [3.63, 3.8) is 0 Å². The Morgan fingerprint density at radius 2 is 2.13 bits per heavy atom. The molecule has 0 spiro atoms. The largest absolute Gasteiger partial charge is 0.493 e. The van der Waals surface area contributed by atoms with Crippen LogP contribution in [0, 0.1) is 17.6 Å². The lowest BCUT2D eigenvalue weighted by Gasteiger charge is -2.27. The number of hydrogen-bond acceptors (Lipinski definition) is 2. The molecule has 4 heteroatoms. The summed E-state index contributed by atoms with van der Waals surface area (Å²) in [7, 11) is 1.36. The molecule has 1 aromatic rings. The van der Waals surface area contributed by atoms with E-state index in [9.17, 15) is 8.78 Å². The van der Waals surface area contributed by atoms with Crippen LogP contribution < -0.4 is 10.1 Å². The number of benzene rings is 1. The monoisotopic (exact) mass is 213 g/mol. The van der Waals surface area contributed by atoms with Crippen molar-refractivity contribution in [1.82, 2.24) is 5.32 Å². The standard InChI is InChI=1S/C11H13F2NO/c1-15-11-8(4-7-5-14-6-7)2-3-9(12)10(11)13/h2-3,7,14H,4-6H2,1H3. The summed E-state index contributed by atoms with van der Waals surface area (Å²) in [6, 6.07) is 2.74. The zero-order valence-electron chi connectivity index (χ0n) is 8.52. The van der Waals surface area contributed by atoms with Gasteiger partial charge in [-0.2, -0.15) is 4.39 Å². The summed E-state index contributed by atoms with van der Waals surface area (Å²) in [5.74, 6) is -1.20. The molecule has 1 saturated heterocycles. The van der Waals surface area contributed by atoms with Crippen LogP contribution in [0.4, 0.5) is 8.78 Å². The molecule has 15 heavy (non-hydrogen) atoms. The Labute approximate surface area is 87.2 Å². The molecule has 2 nitrogen and oxygen atoms in total. The molecular formula is C11H13F2NO. The van der Waals surface area contributed by atoms with Gasteiger partial charge in [-0.05, 0) is 37.1 Å². The van der Waals surface area contributed by atoms with Crippen LogP contribution in [0.5, 0.6) is 5.75 Å². The van der Waals surface area contributed by atoms with Gasteiger partial charge in [-0.3, -0.25) is 0 Å². The summed E-state index contributed by atoms with van der Waals surface area (Å²) in [5, 5.41) is 3.14. The molecule has 1 heterocycles. The summed E-state index contributed by atoms with van der Waals surface area (Å²) in [6.07, 6.45) is 0.730. The number of ether oxygens (including phenoxy) is 1. The minimum absolute atomic E-state index is 0.0434. The minimum Gasteiger partial charge on any atom is -0.493 e. The second-order valence-corrected chi connectivity index (χ2v) is 3.78. The van der Waals surface area contributed by atoms with Crippen molar-refractivity contribution in [2.75, 3.05) is 20.2 Å². The Bertz CT molecular complexity index is 364. The van der Waals surface area contributed by atoms with Crippen molar-refractivity contribution in [3.05, 3.63) is 29.3 Å². The van der Waals surface area contributed by atoms with E-state index in [1.807, 2.05) is 0 Å². The quantitative estimate of drug-likeness (QED) is 0.825. The Kier molecular flexibility index (Phi) is 2.86. The molecule has 0 aromatic heterocycles. The number of methoxy groups -OCH3 is 1. The van der Waals surface area contributed by atoms with E-state index in [0.29, 0.717) is 5.92 Å². The van der Waals surface area contributed by atoms with Gasteiger partial charge in [0.2, 0.25) is 5.82 Å². The predicted octanol–water partition coefficient (Wildman–Crippen LogP) is 1.74. The predicted molar refractivity (Wildman–Crippen MR) is 53.0 cm³/mol. The number of rotatable bonds is 3. The summed E-state index contributed by atoms with van der Waals surface area (Å²) in [4.78, 5) is 0. The molecule has 1 N–H and O–H groups in total. The summed E-state index contributed by atoms with van der Waals surface area (Å²) < 4.78 is 31.1. The van der Waals surface area contributed by atoms with Gasteiger partial charge in [0.25, 0.3) is 0 Å². The maximum Gasteiger partial charge on any atom is 0.200 e. The van der Waals surface area contributed by atoms with Crippen molar-refractivity contribution in [1.29, 1.82) is 0 Å². The molecule has 0 bridgehead atoms. The maximum atomic E-state index is 13.3. The number of nitrogens with one attached hydrogen (secondary N) is 1. The molecular weight excluding hydrogens is 200 g/mol. The summed E-state index contributed by atoms with van der Waals surface area (Å²) in [6.45, 7) is 1.87. The molecule has 0 aliphatic carbocycles. The summed E-state index contributed by atoms with van der Waals surface area (Å²) in [5.41, 5.74) is 0.739. The van der Waals surface area contributed by atoms with Crippen LogP contribution in [0.1, 0.15) is 5.56 Å². The zero-order chi connectivity index (χ0) is 10.8. The highest BCUT2D eigenvalue weighted by molar-refractivity contribution is 5.36. The zero-order valence-corrected chi connectivity index (χ0v) is 8.52. The minimum atomic E-state index is -0.887. The van der Waals surface area contributed by atoms with Crippen LogP contribution in [-0.4, -0.2) is 20.2 Å². The third kappa shape index (κ3) is 1.95. The third-order valence-corrected chi connectivity index (χ3v) is 2.71. The lowest BCUT2D eigenvalue weighted by atomic mass is 9.94. The first-order valence-corrected chi connectivity index (χ1v) is 4.94. The Morgan fingerprint density at radius 3 is 2.67 bits per heavy atom. The van der Waals surface area contributed by atoms with Gasteiger partial charge >= 0.3 is 0 Å². The van der Waals surface area contributed by atoms with E-state index in [1.54, 1.807) is 6.07 Å². The van der Waals surface area contributed by atoms with Gasteiger partial charge in [-0.15, -0.1) is 0 Å². The first-order chi connectivity index (χ1) is 7.22. The molecule has 0 unspecified atom stereocenters. The van der Waals surface area contributed by atoms with Crippen LogP contribution in [0.25, 0.3) is 0 Å². The molecule has 1 fully saturated rings. The molecule has 0 radical (unpaired) electrons. The molecule has 2 rings (SSSR count). The van der Waals surface area contributed by atoms with Gasteiger partial charge in [0, 0.05) is 0 Å². The van der Waals surface area contributed by atoms with Gasteiger partial charge in [0.1, 0.15) is 0 Å². The van der Waals surface area contributed by atoms with Crippen LogP contribution in [0.15, 0.2) is 12.1 Å². The van der Waals surface area contributed by atoms with Crippen LogP contribution in [0.3, 0.4) is 0 Å². The Balaban J connectivity index is 2.25. The van der Waals surface area contributed by atoms with E-state index in [-0.39, 0.29) is 5.75 Å². The SMILES string of the molecule is COc1c(CC2CNC2)ccc(F)c1F. The van der Waals surface area contributed by atoms with Crippen molar-refractivity contribution >= 4 is 0 Å². The van der Waals surface area contributed by atoms with E-state index >= 15 is 0 Å². The van der Waals surface area contributed by atoms with Gasteiger partial charge in [0.15, 0.2) is 11.6 Å². The van der Waals surface area contributed by atoms with Crippen molar-refractivity contribution in [2.24, 2.45) is 5.92 Å². The second-order valence-electron chi connectivity index (χ2n) is 3.78. The van der Waals surface area contributed by atoms with E-state index < -0.39 is 11.6 Å². The summed E-state index contributed by atoms with van der Waals surface area (Å²) >= 11 is 0. The average molecular weight is 213 g/mol. The van der Waals surface area contributed by atoms with E-state index in [1.165, 1.54) is 7.11 Å². The van der Waals surface area contributed by atoms with Crippen LogP contribution >= 0.6 is 0 Å². The molecule has 0 amide bonds. The van der Waals surface area contributed by atoms with E-state index in [0.717, 1.165) is 31.1 Å². The molecule has 0 atom stereocenters. The van der Waals surface area contributed by atoms with Crippen molar-refractivity contribution in [3.8, 4) is 5.75 Å². The van der Waals surface area contributed by atoms with Gasteiger partial charge in [-0.1, -0.05) is 6.07 Å². The smallest absolute Gasteiger partial charge is 0.200 e. The highest BCUT2D eigenvalue weighted by atomic mass is 19.2. The number of hydrogen-bond donors (Lipinski definition) is 1. The highest BCUT2D eigenvalue weighted by Crippen LogP contribution is 2.27. The van der Waals surface area contributed by atoms with Crippen molar-refractivity contribution < 1.29 is 13.5 Å². The van der Waals surface area contributed by atoms with Crippen molar-refractivity contribution in [2.45, 2.75) is 6.42 Å². The van der Waals surface area contributed by atoms with Gasteiger partial charge < -0.3 is 10.1 Å². The molecule has 0 saturated carbocycles. The number of halogens is 2. The molecule has 82 valence electrons. The maximum absolute atomic E-state index is 13.3. The third-order valence-electron chi connectivity index (χ3n) is 2.71. The fourth-order valence-electron chi connectivity index (χ4n) is 1.76. The normalized spacial score (nSPS) is 16.2. The fraction of sp³-hybridized carbons (Fsp3) is 0.455. The molecule has 1 aromatic carbocycles. The van der Waals surface area contributed by atoms with E-state index in [4.69, 9.17) is 4.74 Å². The lowest BCUT2D eigenvalue weighted by Crippen LogP contribution is -2.43. The molecule has 1 aliphatic heterocycles. The van der Waals surface area contributed by atoms with Gasteiger partial charge in [0.05, 0.1) is 7.11 Å². The Morgan fingerprint density at radius 1 is 1.40 bits per heavy atom. The average Bonchev–Trinajstić information content (AvgIpc) is 2.17. The molecule has 1 aliphatic rings.